The number of halogens is 2. The number of fused-ring (bicyclic) bond motifs is 1. The van der Waals surface area contributed by atoms with E-state index in [2.05, 4.69) is 15.1 Å². The van der Waals surface area contributed by atoms with Crippen LogP contribution in [-0.4, -0.2) is 26.7 Å². The SMILES string of the molecule is COc1ccc(-c2cc(-c3ccc(Cl)c(Cl)c3)nc3ncnn23)cc1. The highest BCUT2D eigenvalue weighted by molar-refractivity contribution is 6.42. The Hall–Kier alpha value is -2.63. The molecule has 0 saturated carbocycles. The minimum atomic E-state index is 0.480. The maximum absolute atomic E-state index is 6.14. The fraction of sp³-hybridized carbons (Fsp3) is 0.0556. The first-order chi connectivity index (χ1) is 12.2. The molecule has 2 aromatic heterocycles. The molecule has 0 spiro atoms. The Morgan fingerprint density at radius 3 is 2.40 bits per heavy atom. The number of rotatable bonds is 3. The molecule has 0 atom stereocenters. The summed E-state index contributed by atoms with van der Waals surface area (Å²) in [5.41, 5.74) is 3.44. The van der Waals surface area contributed by atoms with Crippen LogP contribution in [0.2, 0.25) is 10.0 Å². The molecule has 0 N–H and O–H groups in total. The summed E-state index contributed by atoms with van der Waals surface area (Å²) >= 11 is 12.2. The van der Waals surface area contributed by atoms with Gasteiger partial charge < -0.3 is 4.74 Å². The van der Waals surface area contributed by atoms with Gasteiger partial charge >= 0.3 is 0 Å². The second-order valence-corrected chi connectivity index (χ2v) is 6.17. The van der Waals surface area contributed by atoms with Crippen LogP contribution in [0.5, 0.6) is 5.75 Å². The van der Waals surface area contributed by atoms with E-state index in [0.717, 1.165) is 28.3 Å². The van der Waals surface area contributed by atoms with Crippen molar-refractivity contribution in [3.63, 3.8) is 0 Å². The van der Waals surface area contributed by atoms with Crippen molar-refractivity contribution in [2.24, 2.45) is 0 Å². The third kappa shape index (κ3) is 2.92. The lowest BCUT2D eigenvalue weighted by atomic mass is 10.1. The summed E-state index contributed by atoms with van der Waals surface area (Å²) in [6, 6.07) is 15.1. The van der Waals surface area contributed by atoms with Gasteiger partial charge in [0.15, 0.2) is 0 Å². The molecule has 0 fully saturated rings. The second kappa shape index (κ2) is 6.35. The summed E-state index contributed by atoms with van der Waals surface area (Å²) in [7, 11) is 1.64. The molecule has 0 amide bonds. The molecule has 124 valence electrons. The van der Waals surface area contributed by atoms with Gasteiger partial charge in [-0.1, -0.05) is 29.3 Å². The Morgan fingerprint density at radius 1 is 0.920 bits per heavy atom. The Kier molecular flexibility index (Phi) is 4.03. The van der Waals surface area contributed by atoms with Crippen LogP contribution in [0, 0.1) is 0 Å². The number of ether oxygens (including phenoxy) is 1. The van der Waals surface area contributed by atoms with Crippen LogP contribution in [0.4, 0.5) is 0 Å². The first-order valence-electron chi connectivity index (χ1n) is 7.46. The zero-order valence-corrected chi connectivity index (χ0v) is 14.7. The van der Waals surface area contributed by atoms with E-state index in [1.807, 2.05) is 36.4 Å². The summed E-state index contributed by atoms with van der Waals surface area (Å²) in [5, 5.41) is 5.25. The van der Waals surface area contributed by atoms with Crippen LogP contribution in [0.1, 0.15) is 0 Å². The van der Waals surface area contributed by atoms with Crippen molar-refractivity contribution in [3.8, 4) is 28.3 Å². The maximum Gasteiger partial charge on any atom is 0.253 e. The number of hydrogen-bond acceptors (Lipinski definition) is 4. The van der Waals surface area contributed by atoms with Gasteiger partial charge in [-0.05, 0) is 42.5 Å². The minimum absolute atomic E-state index is 0.480. The van der Waals surface area contributed by atoms with Crippen LogP contribution in [0.25, 0.3) is 28.3 Å². The van der Waals surface area contributed by atoms with Gasteiger partial charge in [0.1, 0.15) is 12.1 Å². The quantitative estimate of drug-likeness (QED) is 0.520. The van der Waals surface area contributed by atoms with Gasteiger partial charge in [0.25, 0.3) is 5.78 Å². The second-order valence-electron chi connectivity index (χ2n) is 5.36. The standard InChI is InChI=1S/C18H12Cl2N4O/c1-25-13-5-2-11(3-6-13)17-9-16(23-18-21-10-22-24(17)18)12-4-7-14(19)15(20)8-12/h2-10H,1H3. The number of nitrogens with zero attached hydrogens (tertiary/aromatic N) is 4. The van der Waals surface area contributed by atoms with E-state index in [1.54, 1.807) is 23.8 Å². The molecule has 2 heterocycles. The van der Waals surface area contributed by atoms with Gasteiger partial charge in [0.2, 0.25) is 0 Å². The number of hydrogen-bond donors (Lipinski definition) is 0. The van der Waals surface area contributed by atoms with Crippen molar-refractivity contribution in [1.29, 1.82) is 0 Å². The predicted molar refractivity (Wildman–Crippen MR) is 98.2 cm³/mol. The maximum atomic E-state index is 6.14. The fourth-order valence-corrected chi connectivity index (χ4v) is 2.88. The van der Waals surface area contributed by atoms with Crippen LogP contribution in [0.3, 0.4) is 0 Å². The van der Waals surface area contributed by atoms with Gasteiger partial charge in [-0.2, -0.15) is 14.6 Å². The summed E-state index contributed by atoms with van der Waals surface area (Å²) in [6.45, 7) is 0. The summed E-state index contributed by atoms with van der Waals surface area (Å²) in [5.74, 6) is 1.30. The van der Waals surface area contributed by atoms with Gasteiger partial charge in [-0.3, -0.25) is 0 Å². The Morgan fingerprint density at radius 2 is 1.68 bits per heavy atom. The van der Waals surface area contributed by atoms with E-state index in [9.17, 15) is 0 Å². The van der Waals surface area contributed by atoms with Crippen LogP contribution in [0.15, 0.2) is 54.9 Å². The Labute approximate surface area is 153 Å². The average molecular weight is 371 g/mol. The molecule has 2 aromatic carbocycles. The minimum Gasteiger partial charge on any atom is -0.497 e. The van der Waals surface area contributed by atoms with Crippen molar-refractivity contribution in [3.05, 3.63) is 64.9 Å². The van der Waals surface area contributed by atoms with Gasteiger partial charge in [-0.15, -0.1) is 0 Å². The average Bonchev–Trinajstić information content (AvgIpc) is 3.12. The largest absolute Gasteiger partial charge is 0.497 e. The van der Waals surface area contributed by atoms with E-state index in [0.29, 0.717) is 15.8 Å². The van der Waals surface area contributed by atoms with E-state index >= 15 is 0 Å². The smallest absolute Gasteiger partial charge is 0.253 e. The highest BCUT2D eigenvalue weighted by Gasteiger charge is 2.12. The predicted octanol–water partition coefficient (Wildman–Crippen LogP) is 4.77. The molecule has 25 heavy (non-hydrogen) atoms. The van der Waals surface area contributed by atoms with Crippen LogP contribution in [-0.2, 0) is 0 Å². The van der Waals surface area contributed by atoms with E-state index in [4.69, 9.17) is 27.9 Å². The molecule has 4 aromatic rings. The zero-order valence-electron chi connectivity index (χ0n) is 13.1. The normalized spacial score (nSPS) is 11.0. The lowest BCUT2D eigenvalue weighted by Gasteiger charge is -2.09. The van der Waals surface area contributed by atoms with Gasteiger partial charge in [0, 0.05) is 11.1 Å². The zero-order chi connectivity index (χ0) is 17.4. The molecule has 5 nitrogen and oxygen atoms in total. The van der Waals surface area contributed by atoms with Gasteiger partial charge in [0.05, 0.1) is 28.5 Å². The van der Waals surface area contributed by atoms with E-state index in [1.165, 1.54) is 6.33 Å². The number of methoxy groups -OCH3 is 1. The molecular formula is C18H12Cl2N4O. The van der Waals surface area contributed by atoms with Gasteiger partial charge in [-0.25, -0.2) is 4.98 Å². The van der Waals surface area contributed by atoms with Crippen molar-refractivity contribution >= 4 is 29.0 Å². The van der Waals surface area contributed by atoms with E-state index in [-0.39, 0.29) is 0 Å². The first-order valence-corrected chi connectivity index (χ1v) is 8.22. The first kappa shape index (κ1) is 15.9. The monoisotopic (exact) mass is 370 g/mol. The molecule has 0 unspecified atom stereocenters. The van der Waals surface area contributed by atoms with Crippen molar-refractivity contribution < 1.29 is 4.74 Å². The molecular weight excluding hydrogens is 359 g/mol. The third-order valence-electron chi connectivity index (χ3n) is 3.85. The molecule has 0 aliphatic heterocycles. The van der Waals surface area contributed by atoms with Crippen molar-refractivity contribution in [1.82, 2.24) is 19.6 Å². The number of benzene rings is 2. The summed E-state index contributed by atoms with van der Waals surface area (Å²) in [6.07, 6.45) is 1.48. The fourth-order valence-electron chi connectivity index (χ4n) is 2.58. The highest BCUT2D eigenvalue weighted by atomic mass is 35.5. The van der Waals surface area contributed by atoms with Crippen LogP contribution < -0.4 is 4.74 Å². The molecule has 0 aliphatic carbocycles. The molecule has 0 radical (unpaired) electrons. The lowest BCUT2D eigenvalue weighted by molar-refractivity contribution is 0.415. The van der Waals surface area contributed by atoms with Crippen molar-refractivity contribution in [2.75, 3.05) is 7.11 Å². The molecule has 0 bridgehead atoms. The molecule has 0 saturated heterocycles. The molecule has 7 heteroatoms. The lowest BCUT2D eigenvalue weighted by Crippen LogP contribution is -1.99. The van der Waals surface area contributed by atoms with Crippen molar-refractivity contribution in [2.45, 2.75) is 0 Å². The highest BCUT2D eigenvalue weighted by Crippen LogP contribution is 2.30. The summed E-state index contributed by atoms with van der Waals surface area (Å²) < 4.78 is 6.92. The third-order valence-corrected chi connectivity index (χ3v) is 4.59. The van der Waals surface area contributed by atoms with E-state index < -0.39 is 0 Å². The Bertz CT molecular complexity index is 1060. The van der Waals surface area contributed by atoms with Crippen LogP contribution >= 0.6 is 23.2 Å². The molecule has 4 rings (SSSR count). The number of aromatic nitrogens is 4. The topological polar surface area (TPSA) is 52.3 Å². The summed E-state index contributed by atoms with van der Waals surface area (Å²) in [4.78, 5) is 8.78. The molecule has 0 aliphatic rings. The Balaban J connectivity index is 1.91.